The zero-order chi connectivity index (χ0) is 19.6. The van der Waals surface area contributed by atoms with Crippen LogP contribution in [0.25, 0.3) is 11.3 Å². The summed E-state index contributed by atoms with van der Waals surface area (Å²) in [5.41, 5.74) is 0.937. The number of nitrogens with zero attached hydrogens (tertiary/aromatic N) is 2. The summed E-state index contributed by atoms with van der Waals surface area (Å²) in [5.74, 6) is -0.271. The van der Waals surface area contributed by atoms with Crippen molar-refractivity contribution >= 4 is 17.5 Å². The quantitative estimate of drug-likeness (QED) is 0.681. The third kappa shape index (κ3) is 3.06. The summed E-state index contributed by atoms with van der Waals surface area (Å²) in [7, 11) is 0. The Kier molecular flexibility index (Phi) is 4.15. The summed E-state index contributed by atoms with van der Waals surface area (Å²) in [4.78, 5) is 15.4. The molecule has 2 bridgehead atoms. The van der Waals surface area contributed by atoms with Crippen LogP contribution in [0.4, 0.5) is 4.39 Å². The number of carbonyl (C=O) groups excluding carboxylic acids is 1. The highest BCUT2D eigenvalue weighted by atomic mass is 35.5. The molecule has 0 radical (unpaired) electrons. The standard InChI is InChI=1S/C21H24ClFN2O2/c1-12-16(18(24-27-12)17-14(22)6-5-7-15(17)23)19(26)25-11-21(4)9-13(25)8-20(2,3)10-21/h5-7,13H,8-11H2,1-4H3. The van der Waals surface area contributed by atoms with Crippen molar-refractivity contribution in [2.24, 2.45) is 10.8 Å². The number of benzene rings is 1. The molecular formula is C21H24ClFN2O2. The molecule has 0 spiro atoms. The topological polar surface area (TPSA) is 46.3 Å². The van der Waals surface area contributed by atoms with Gasteiger partial charge in [0, 0.05) is 12.6 Å². The Bertz CT molecular complexity index is 903. The first kappa shape index (κ1) is 18.5. The van der Waals surface area contributed by atoms with Crippen molar-refractivity contribution < 1.29 is 13.7 Å². The minimum Gasteiger partial charge on any atom is -0.360 e. The molecule has 1 saturated heterocycles. The number of rotatable bonds is 2. The number of aromatic nitrogens is 1. The minimum absolute atomic E-state index is 0.114. The normalized spacial score (nSPS) is 26.4. The van der Waals surface area contributed by atoms with Gasteiger partial charge in [-0.1, -0.05) is 43.6 Å². The van der Waals surface area contributed by atoms with E-state index in [1.54, 1.807) is 13.0 Å². The first-order chi connectivity index (χ1) is 12.6. The van der Waals surface area contributed by atoms with Crippen LogP contribution < -0.4 is 0 Å². The maximum Gasteiger partial charge on any atom is 0.260 e. The summed E-state index contributed by atoms with van der Waals surface area (Å²) in [6.07, 6.45) is 3.06. The lowest BCUT2D eigenvalue weighted by molar-refractivity contribution is 0.0707. The molecule has 2 aliphatic rings. The fourth-order valence-corrected chi connectivity index (χ4v) is 5.61. The van der Waals surface area contributed by atoms with Crippen LogP contribution in [-0.2, 0) is 0 Å². The molecule has 1 aromatic heterocycles. The first-order valence-electron chi connectivity index (χ1n) is 9.32. The van der Waals surface area contributed by atoms with E-state index in [0.29, 0.717) is 17.9 Å². The summed E-state index contributed by atoms with van der Waals surface area (Å²) >= 11 is 6.21. The van der Waals surface area contributed by atoms with Crippen LogP contribution in [0.3, 0.4) is 0 Å². The lowest BCUT2D eigenvalue weighted by Gasteiger charge is -2.39. The predicted molar refractivity (Wildman–Crippen MR) is 102 cm³/mol. The summed E-state index contributed by atoms with van der Waals surface area (Å²) in [6.45, 7) is 9.17. The average Bonchev–Trinajstić information content (AvgIpc) is 3.03. The molecule has 1 aliphatic carbocycles. The van der Waals surface area contributed by atoms with Crippen LogP contribution >= 0.6 is 11.6 Å². The zero-order valence-electron chi connectivity index (χ0n) is 16.1. The smallest absolute Gasteiger partial charge is 0.260 e. The molecule has 1 aromatic carbocycles. The lowest BCUT2D eigenvalue weighted by atomic mass is 9.65. The van der Waals surface area contributed by atoms with Crippen molar-refractivity contribution in [2.75, 3.05) is 6.54 Å². The maximum absolute atomic E-state index is 14.5. The fraction of sp³-hybridized carbons (Fsp3) is 0.524. The molecule has 144 valence electrons. The SMILES string of the molecule is Cc1onc(-c2c(F)cccc2Cl)c1C(=O)N1CC2(C)CC1CC(C)(C)C2. The molecule has 4 nitrogen and oxygen atoms in total. The van der Waals surface area contributed by atoms with E-state index >= 15 is 0 Å². The second-order valence-electron chi connectivity index (χ2n) is 9.21. The number of carbonyl (C=O) groups is 1. The van der Waals surface area contributed by atoms with E-state index in [9.17, 15) is 9.18 Å². The number of likely N-dealkylation sites (tertiary alicyclic amines) is 1. The number of aryl methyl sites for hydroxylation is 1. The number of hydrogen-bond donors (Lipinski definition) is 0. The Labute approximate surface area is 163 Å². The largest absolute Gasteiger partial charge is 0.360 e. The minimum atomic E-state index is -0.516. The molecule has 27 heavy (non-hydrogen) atoms. The van der Waals surface area contributed by atoms with Gasteiger partial charge in [-0.15, -0.1) is 0 Å². The lowest BCUT2D eigenvalue weighted by Crippen LogP contribution is -2.38. The molecule has 0 N–H and O–H groups in total. The number of hydrogen-bond acceptors (Lipinski definition) is 3. The first-order valence-corrected chi connectivity index (χ1v) is 9.70. The van der Waals surface area contributed by atoms with Crippen molar-refractivity contribution in [1.82, 2.24) is 10.1 Å². The fourth-order valence-electron chi connectivity index (χ4n) is 5.36. The van der Waals surface area contributed by atoms with E-state index in [1.165, 1.54) is 12.1 Å². The van der Waals surface area contributed by atoms with Crippen LogP contribution in [0.1, 0.15) is 56.2 Å². The molecular weight excluding hydrogens is 367 g/mol. The van der Waals surface area contributed by atoms with Gasteiger partial charge < -0.3 is 9.42 Å². The van der Waals surface area contributed by atoms with Crippen molar-refractivity contribution in [1.29, 1.82) is 0 Å². The van der Waals surface area contributed by atoms with Crippen LogP contribution in [0.5, 0.6) is 0 Å². The number of amides is 1. The van der Waals surface area contributed by atoms with E-state index in [2.05, 4.69) is 25.9 Å². The molecule has 2 fully saturated rings. The second-order valence-corrected chi connectivity index (χ2v) is 9.61. The van der Waals surface area contributed by atoms with Gasteiger partial charge in [0.1, 0.15) is 22.8 Å². The summed E-state index contributed by atoms with van der Waals surface area (Å²) in [6, 6.07) is 4.61. The Balaban J connectivity index is 1.76. The molecule has 6 heteroatoms. The molecule has 2 unspecified atom stereocenters. The van der Waals surface area contributed by atoms with Gasteiger partial charge >= 0.3 is 0 Å². The van der Waals surface area contributed by atoms with Crippen LogP contribution in [0, 0.1) is 23.6 Å². The second kappa shape index (κ2) is 6.06. The third-order valence-electron chi connectivity index (χ3n) is 5.95. The average molecular weight is 391 g/mol. The van der Waals surface area contributed by atoms with E-state index in [1.807, 2.05) is 4.90 Å². The molecule has 4 rings (SSSR count). The Hall–Kier alpha value is -1.88. The summed E-state index contributed by atoms with van der Waals surface area (Å²) < 4.78 is 19.7. The molecule has 2 aromatic rings. The molecule has 2 atom stereocenters. The van der Waals surface area contributed by atoms with Gasteiger partial charge in [0.15, 0.2) is 0 Å². The Morgan fingerprint density at radius 3 is 2.78 bits per heavy atom. The van der Waals surface area contributed by atoms with Crippen LogP contribution in [0.2, 0.25) is 5.02 Å². The van der Waals surface area contributed by atoms with Gasteiger partial charge in [-0.3, -0.25) is 4.79 Å². The molecule has 1 amide bonds. The van der Waals surface area contributed by atoms with Crippen LogP contribution in [0.15, 0.2) is 22.7 Å². The predicted octanol–water partition coefficient (Wildman–Crippen LogP) is 5.48. The highest BCUT2D eigenvalue weighted by Gasteiger charge is 2.51. The van der Waals surface area contributed by atoms with Crippen molar-refractivity contribution in [3.8, 4) is 11.3 Å². The van der Waals surface area contributed by atoms with Gasteiger partial charge in [-0.2, -0.15) is 0 Å². The maximum atomic E-state index is 14.5. The van der Waals surface area contributed by atoms with Crippen LogP contribution in [-0.4, -0.2) is 28.6 Å². The number of halogens is 2. The van der Waals surface area contributed by atoms with Gasteiger partial charge in [0.25, 0.3) is 5.91 Å². The van der Waals surface area contributed by atoms with Crippen molar-refractivity contribution in [2.45, 2.75) is 53.0 Å². The zero-order valence-corrected chi connectivity index (χ0v) is 16.9. The third-order valence-corrected chi connectivity index (χ3v) is 6.27. The highest BCUT2D eigenvalue weighted by molar-refractivity contribution is 6.33. The molecule has 2 heterocycles. The van der Waals surface area contributed by atoms with Crippen molar-refractivity contribution in [3.05, 3.63) is 40.4 Å². The van der Waals surface area contributed by atoms with Gasteiger partial charge in [-0.05, 0) is 49.1 Å². The van der Waals surface area contributed by atoms with E-state index in [0.717, 1.165) is 19.3 Å². The summed E-state index contributed by atoms with van der Waals surface area (Å²) in [5, 5.41) is 4.20. The molecule has 1 saturated carbocycles. The molecule has 1 aliphatic heterocycles. The van der Waals surface area contributed by atoms with Gasteiger partial charge in [0.05, 0.1) is 10.6 Å². The van der Waals surface area contributed by atoms with E-state index < -0.39 is 5.82 Å². The van der Waals surface area contributed by atoms with Gasteiger partial charge in [-0.25, -0.2) is 4.39 Å². The monoisotopic (exact) mass is 390 g/mol. The number of fused-ring (bicyclic) bond motifs is 2. The highest BCUT2D eigenvalue weighted by Crippen LogP contribution is 2.53. The van der Waals surface area contributed by atoms with E-state index in [-0.39, 0.29) is 39.1 Å². The van der Waals surface area contributed by atoms with Gasteiger partial charge in [0.2, 0.25) is 0 Å². The Morgan fingerprint density at radius 2 is 2.07 bits per heavy atom. The Morgan fingerprint density at radius 1 is 1.33 bits per heavy atom. The van der Waals surface area contributed by atoms with E-state index in [4.69, 9.17) is 16.1 Å². The van der Waals surface area contributed by atoms with Crippen molar-refractivity contribution in [3.63, 3.8) is 0 Å².